The molecule has 0 bridgehead atoms. The van der Waals surface area contributed by atoms with E-state index in [2.05, 4.69) is 10.1 Å². The number of esters is 2. The molecule has 8 heteroatoms. The first-order valence-corrected chi connectivity index (χ1v) is 7.08. The van der Waals surface area contributed by atoms with Crippen LogP contribution in [-0.2, 0) is 19.1 Å². The molecule has 0 radical (unpaired) electrons. The summed E-state index contributed by atoms with van der Waals surface area (Å²) < 4.78 is 35.9. The van der Waals surface area contributed by atoms with Gasteiger partial charge in [0.05, 0.1) is 13.5 Å². The van der Waals surface area contributed by atoms with Crippen LogP contribution >= 0.6 is 0 Å². The second kappa shape index (κ2) is 7.85. The molecule has 1 amide bonds. The topological polar surface area (TPSA) is 81.7 Å². The minimum absolute atomic E-state index is 0.328. The van der Waals surface area contributed by atoms with Gasteiger partial charge < -0.3 is 14.8 Å². The van der Waals surface area contributed by atoms with E-state index in [1.807, 2.05) is 0 Å². The van der Waals surface area contributed by atoms with Gasteiger partial charge in [-0.3, -0.25) is 9.59 Å². The van der Waals surface area contributed by atoms with Crippen molar-refractivity contribution < 1.29 is 32.6 Å². The summed E-state index contributed by atoms with van der Waals surface area (Å²) in [6.45, 7) is 4.93. The molecule has 0 heterocycles. The number of nitrogens with one attached hydrogen (secondary N) is 1. The van der Waals surface area contributed by atoms with Gasteiger partial charge in [-0.2, -0.15) is 0 Å². The van der Waals surface area contributed by atoms with Crippen LogP contribution < -0.4 is 5.32 Å². The molecule has 6 nitrogen and oxygen atoms in total. The zero-order valence-electron chi connectivity index (χ0n) is 13.8. The Hall–Kier alpha value is -2.51. The first kappa shape index (κ1) is 19.5. The largest absolute Gasteiger partial charge is 0.467 e. The van der Waals surface area contributed by atoms with Crippen molar-refractivity contribution in [2.24, 2.45) is 0 Å². The van der Waals surface area contributed by atoms with Gasteiger partial charge in [0.2, 0.25) is 0 Å². The van der Waals surface area contributed by atoms with Crippen molar-refractivity contribution in [2.45, 2.75) is 38.8 Å². The number of methoxy groups -OCH3 is 1. The Morgan fingerprint density at radius 3 is 2.12 bits per heavy atom. The Balaban J connectivity index is 2.87. The molecule has 0 aromatic heterocycles. The van der Waals surface area contributed by atoms with E-state index in [0.29, 0.717) is 6.07 Å². The second-order valence-electron chi connectivity index (χ2n) is 6.00. The average molecular weight is 343 g/mol. The summed E-state index contributed by atoms with van der Waals surface area (Å²) in [6.07, 6.45) is -0.479. The van der Waals surface area contributed by atoms with E-state index < -0.39 is 47.5 Å². The molecule has 1 rings (SSSR count). The Morgan fingerprint density at radius 2 is 1.67 bits per heavy atom. The van der Waals surface area contributed by atoms with E-state index >= 15 is 0 Å². The SMILES string of the molecule is COC(=O)[C@H](CC(=O)OC(C)(C)C)NC(=O)c1cc(F)cc(F)c1. The highest BCUT2D eigenvalue weighted by Gasteiger charge is 2.28. The maximum Gasteiger partial charge on any atom is 0.328 e. The molecule has 132 valence electrons. The van der Waals surface area contributed by atoms with Crippen LogP contribution in [0, 0.1) is 11.6 Å². The minimum Gasteiger partial charge on any atom is -0.467 e. The van der Waals surface area contributed by atoms with Crippen LogP contribution in [0.2, 0.25) is 0 Å². The molecule has 0 aliphatic carbocycles. The molecule has 1 atom stereocenters. The Labute approximate surface area is 138 Å². The van der Waals surface area contributed by atoms with E-state index in [1.165, 1.54) is 0 Å². The van der Waals surface area contributed by atoms with E-state index in [0.717, 1.165) is 19.2 Å². The van der Waals surface area contributed by atoms with Crippen molar-refractivity contribution in [3.05, 3.63) is 35.4 Å². The summed E-state index contributed by atoms with van der Waals surface area (Å²) in [5.74, 6) is -4.43. The highest BCUT2D eigenvalue weighted by Crippen LogP contribution is 2.12. The highest BCUT2D eigenvalue weighted by atomic mass is 19.1. The van der Waals surface area contributed by atoms with Gasteiger partial charge in [-0.15, -0.1) is 0 Å². The van der Waals surface area contributed by atoms with Crippen molar-refractivity contribution in [1.29, 1.82) is 0 Å². The summed E-state index contributed by atoms with van der Waals surface area (Å²) in [7, 11) is 1.08. The smallest absolute Gasteiger partial charge is 0.328 e. The fourth-order valence-corrected chi connectivity index (χ4v) is 1.81. The van der Waals surface area contributed by atoms with E-state index in [9.17, 15) is 23.2 Å². The Bertz CT molecular complexity index is 620. The van der Waals surface area contributed by atoms with Gasteiger partial charge in [0.25, 0.3) is 5.91 Å². The third-order valence-corrected chi connectivity index (χ3v) is 2.71. The van der Waals surface area contributed by atoms with E-state index in [4.69, 9.17) is 4.74 Å². The molecular formula is C16H19F2NO5. The average Bonchev–Trinajstić information content (AvgIpc) is 2.42. The van der Waals surface area contributed by atoms with Gasteiger partial charge in [0, 0.05) is 11.6 Å². The van der Waals surface area contributed by atoms with Crippen LogP contribution in [0.15, 0.2) is 18.2 Å². The fourth-order valence-electron chi connectivity index (χ4n) is 1.81. The zero-order valence-corrected chi connectivity index (χ0v) is 13.8. The molecule has 24 heavy (non-hydrogen) atoms. The first-order valence-electron chi connectivity index (χ1n) is 7.08. The van der Waals surface area contributed by atoms with Gasteiger partial charge in [-0.1, -0.05) is 0 Å². The van der Waals surface area contributed by atoms with Crippen molar-refractivity contribution >= 4 is 17.8 Å². The van der Waals surface area contributed by atoms with Crippen LogP contribution in [0.5, 0.6) is 0 Å². The summed E-state index contributed by atoms with van der Waals surface area (Å²) in [5, 5.41) is 2.21. The normalized spacial score (nSPS) is 12.2. The number of hydrogen-bond donors (Lipinski definition) is 1. The monoisotopic (exact) mass is 343 g/mol. The van der Waals surface area contributed by atoms with E-state index in [-0.39, 0.29) is 5.56 Å². The van der Waals surface area contributed by atoms with Crippen LogP contribution in [0.3, 0.4) is 0 Å². The molecule has 0 unspecified atom stereocenters. The van der Waals surface area contributed by atoms with Gasteiger partial charge in [-0.25, -0.2) is 13.6 Å². The first-order chi connectivity index (χ1) is 11.0. The van der Waals surface area contributed by atoms with Gasteiger partial charge in [-0.05, 0) is 32.9 Å². The summed E-state index contributed by atoms with van der Waals surface area (Å²) >= 11 is 0. The zero-order chi connectivity index (χ0) is 18.5. The molecule has 1 aromatic carbocycles. The lowest BCUT2D eigenvalue weighted by atomic mass is 10.1. The summed E-state index contributed by atoms with van der Waals surface area (Å²) in [4.78, 5) is 35.6. The molecule has 0 saturated heterocycles. The molecule has 0 fully saturated rings. The number of ether oxygens (including phenoxy) is 2. The van der Waals surface area contributed by atoms with Gasteiger partial charge >= 0.3 is 11.9 Å². The molecule has 1 N–H and O–H groups in total. The van der Waals surface area contributed by atoms with Crippen molar-refractivity contribution in [3.8, 4) is 0 Å². The molecule has 1 aromatic rings. The van der Waals surface area contributed by atoms with Gasteiger partial charge in [0.15, 0.2) is 0 Å². The predicted octanol–water partition coefficient (Wildman–Crippen LogP) is 1.97. The number of halogens is 2. The van der Waals surface area contributed by atoms with Crippen molar-refractivity contribution in [2.75, 3.05) is 7.11 Å². The predicted molar refractivity (Wildman–Crippen MR) is 80.1 cm³/mol. The number of rotatable bonds is 5. The lowest BCUT2D eigenvalue weighted by Gasteiger charge is -2.22. The maximum atomic E-state index is 13.2. The third-order valence-electron chi connectivity index (χ3n) is 2.71. The summed E-state index contributed by atoms with van der Waals surface area (Å²) in [6, 6.07) is 0.874. The number of amides is 1. The van der Waals surface area contributed by atoms with Crippen LogP contribution in [0.1, 0.15) is 37.6 Å². The van der Waals surface area contributed by atoms with Crippen molar-refractivity contribution in [1.82, 2.24) is 5.32 Å². The standard InChI is InChI=1S/C16H19F2NO5/c1-16(2,3)24-13(20)8-12(15(22)23-4)19-14(21)9-5-10(17)7-11(18)6-9/h5-7,12H,8H2,1-4H3,(H,19,21)/t12-/m0/s1. The fraction of sp³-hybridized carbons (Fsp3) is 0.438. The van der Waals surface area contributed by atoms with Crippen LogP contribution in [0.25, 0.3) is 0 Å². The molecule has 0 aliphatic rings. The second-order valence-corrected chi connectivity index (χ2v) is 6.00. The summed E-state index contributed by atoms with van der Waals surface area (Å²) in [5.41, 5.74) is -1.10. The highest BCUT2D eigenvalue weighted by molar-refractivity contribution is 5.97. The van der Waals surface area contributed by atoms with E-state index in [1.54, 1.807) is 20.8 Å². The van der Waals surface area contributed by atoms with Gasteiger partial charge in [0.1, 0.15) is 23.3 Å². The Kier molecular flexibility index (Phi) is 6.39. The molecular weight excluding hydrogens is 324 g/mol. The van der Waals surface area contributed by atoms with Crippen LogP contribution in [0.4, 0.5) is 8.78 Å². The number of benzene rings is 1. The number of hydrogen-bond acceptors (Lipinski definition) is 5. The quantitative estimate of drug-likeness (QED) is 0.827. The van der Waals surface area contributed by atoms with Crippen molar-refractivity contribution in [3.63, 3.8) is 0 Å². The minimum atomic E-state index is -1.34. The number of carbonyl (C=O) groups is 3. The molecule has 0 aliphatic heterocycles. The maximum absolute atomic E-state index is 13.2. The number of carbonyl (C=O) groups excluding carboxylic acids is 3. The lowest BCUT2D eigenvalue weighted by Crippen LogP contribution is -2.44. The molecule has 0 spiro atoms. The molecule has 0 saturated carbocycles. The Morgan fingerprint density at radius 1 is 1.12 bits per heavy atom. The lowest BCUT2D eigenvalue weighted by molar-refractivity contribution is -0.158. The van der Waals surface area contributed by atoms with Crippen LogP contribution in [-0.4, -0.2) is 36.6 Å². The third kappa shape index (κ3) is 6.31.